The summed E-state index contributed by atoms with van der Waals surface area (Å²) in [6.45, 7) is 0.972. The van der Waals surface area contributed by atoms with Crippen LogP contribution in [0.25, 0.3) is 11.3 Å². The standard InChI is InChI=1S/C31H28ClF2N7O2/c32-20-6-9-22-25(16-20)41(27-23(33)2-1-3-24(27)34)13-10-19-17-37-30(39-26(19)22)38-21-7-4-18(5-8-21)28(42)40-14-11-31(36,12-15-40)29(35)43/h1-9,16-17H,10-15,36H2,(H2,35,43)(H,37,38,39). The molecule has 0 saturated carbocycles. The highest BCUT2D eigenvalue weighted by Gasteiger charge is 2.37. The average molecular weight is 604 g/mol. The predicted molar refractivity (Wildman–Crippen MR) is 161 cm³/mol. The van der Waals surface area contributed by atoms with Crippen LogP contribution in [-0.2, 0) is 11.2 Å². The number of likely N-dealkylation sites (tertiary alicyclic amines) is 1. The molecule has 6 rings (SSSR count). The van der Waals surface area contributed by atoms with Gasteiger partial charge < -0.3 is 26.6 Å². The number of nitrogens with one attached hydrogen (secondary N) is 1. The second kappa shape index (κ2) is 11.2. The Bertz CT molecular complexity index is 1710. The Morgan fingerprint density at radius 3 is 2.35 bits per heavy atom. The number of carbonyl (C=O) groups excluding carboxylic acids is 2. The zero-order chi connectivity index (χ0) is 30.3. The molecule has 1 aromatic heterocycles. The maximum Gasteiger partial charge on any atom is 0.253 e. The van der Waals surface area contributed by atoms with Crippen LogP contribution in [0.3, 0.4) is 0 Å². The third-order valence-electron chi connectivity index (χ3n) is 8.00. The monoisotopic (exact) mass is 603 g/mol. The molecule has 12 heteroatoms. The summed E-state index contributed by atoms with van der Waals surface area (Å²) in [7, 11) is 0. The lowest BCUT2D eigenvalue weighted by atomic mass is 9.88. The summed E-state index contributed by atoms with van der Waals surface area (Å²) in [5.41, 5.74) is 14.0. The maximum absolute atomic E-state index is 14.8. The number of anilines is 4. The normalized spacial score (nSPS) is 15.7. The lowest BCUT2D eigenvalue weighted by Crippen LogP contribution is -2.59. The number of aromatic nitrogens is 2. The SMILES string of the molecule is NC(=O)C1(N)CCN(C(=O)c2ccc(Nc3ncc4c(n3)-c3ccc(Cl)cc3N(c3c(F)cccc3F)CC4)cc2)CC1. The van der Waals surface area contributed by atoms with Crippen molar-refractivity contribution >= 4 is 46.4 Å². The summed E-state index contributed by atoms with van der Waals surface area (Å²) >= 11 is 6.33. The summed E-state index contributed by atoms with van der Waals surface area (Å²) in [6, 6.07) is 15.8. The highest BCUT2D eigenvalue weighted by molar-refractivity contribution is 6.31. The van der Waals surface area contributed by atoms with Crippen molar-refractivity contribution in [3.8, 4) is 11.3 Å². The first-order chi connectivity index (χ1) is 20.6. The zero-order valence-electron chi connectivity index (χ0n) is 23.0. The molecule has 4 aromatic rings. The van der Waals surface area contributed by atoms with Gasteiger partial charge in [0.1, 0.15) is 17.3 Å². The van der Waals surface area contributed by atoms with E-state index in [4.69, 9.17) is 28.1 Å². The van der Waals surface area contributed by atoms with E-state index in [1.165, 1.54) is 18.2 Å². The van der Waals surface area contributed by atoms with Gasteiger partial charge >= 0.3 is 0 Å². The molecule has 2 aliphatic rings. The number of nitrogens with zero attached hydrogens (tertiary/aromatic N) is 4. The average Bonchev–Trinajstić information content (AvgIpc) is 3.14. The van der Waals surface area contributed by atoms with Gasteiger partial charge in [0.25, 0.3) is 5.91 Å². The molecule has 0 bridgehead atoms. The number of hydrogen-bond donors (Lipinski definition) is 3. The minimum Gasteiger partial charge on any atom is -0.368 e. The molecule has 1 saturated heterocycles. The van der Waals surface area contributed by atoms with Crippen LogP contribution in [0.15, 0.2) is 66.9 Å². The molecular weight excluding hydrogens is 576 g/mol. The molecule has 0 unspecified atom stereocenters. The molecule has 1 fully saturated rings. The number of para-hydroxylation sites is 1. The third-order valence-corrected chi connectivity index (χ3v) is 8.24. The van der Waals surface area contributed by atoms with Crippen molar-refractivity contribution in [3.63, 3.8) is 0 Å². The molecule has 9 nitrogen and oxygen atoms in total. The summed E-state index contributed by atoms with van der Waals surface area (Å²) in [5, 5.41) is 3.59. The van der Waals surface area contributed by atoms with Crippen LogP contribution < -0.4 is 21.7 Å². The van der Waals surface area contributed by atoms with Gasteiger partial charge in [0, 0.05) is 47.7 Å². The van der Waals surface area contributed by atoms with Gasteiger partial charge in [-0.1, -0.05) is 17.7 Å². The maximum atomic E-state index is 14.8. The minimum atomic E-state index is -1.09. The number of halogens is 3. The fraction of sp³-hybridized carbons (Fsp3) is 0.226. The topological polar surface area (TPSA) is 130 Å². The quantitative estimate of drug-likeness (QED) is 0.295. The van der Waals surface area contributed by atoms with E-state index in [2.05, 4.69) is 10.3 Å². The summed E-state index contributed by atoms with van der Waals surface area (Å²) in [6.07, 6.45) is 2.76. The Morgan fingerprint density at radius 2 is 1.67 bits per heavy atom. The minimum absolute atomic E-state index is 0.153. The van der Waals surface area contributed by atoms with Gasteiger partial charge in [-0.15, -0.1) is 0 Å². The molecule has 2 amide bonds. The van der Waals surface area contributed by atoms with Gasteiger partial charge in [-0.25, -0.2) is 18.7 Å². The van der Waals surface area contributed by atoms with Crippen molar-refractivity contribution in [2.24, 2.45) is 11.5 Å². The number of benzene rings is 3. The number of rotatable bonds is 5. The van der Waals surface area contributed by atoms with E-state index >= 15 is 0 Å². The van der Waals surface area contributed by atoms with E-state index in [1.807, 2.05) is 0 Å². The fourth-order valence-corrected chi connectivity index (χ4v) is 5.67. The van der Waals surface area contributed by atoms with Crippen LogP contribution in [0.5, 0.6) is 0 Å². The van der Waals surface area contributed by atoms with E-state index in [-0.39, 0.29) is 18.1 Å². The Kier molecular flexibility index (Phi) is 7.45. The highest BCUT2D eigenvalue weighted by Crippen LogP contribution is 2.42. The molecule has 43 heavy (non-hydrogen) atoms. The first-order valence-corrected chi connectivity index (χ1v) is 14.1. The van der Waals surface area contributed by atoms with Crippen molar-refractivity contribution in [2.75, 3.05) is 29.9 Å². The molecule has 0 aliphatic carbocycles. The first kappa shape index (κ1) is 28.5. The molecule has 0 radical (unpaired) electrons. The van der Waals surface area contributed by atoms with Crippen LogP contribution in [0, 0.1) is 11.6 Å². The third kappa shape index (κ3) is 5.49. The first-order valence-electron chi connectivity index (χ1n) is 13.8. The van der Waals surface area contributed by atoms with E-state index in [1.54, 1.807) is 58.5 Å². The van der Waals surface area contributed by atoms with Crippen LogP contribution in [0.1, 0.15) is 28.8 Å². The summed E-state index contributed by atoms with van der Waals surface area (Å²) in [4.78, 5) is 37.1. The second-order valence-electron chi connectivity index (χ2n) is 10.7. The lowest BCUT2D eigenvalue weighted by Gasteiger charge is -2.37. The number of fused-ring (bicyclic) bond motifs is 3. The number of primary amides is 1. The van der Waals surface area contributed by atoms with Gasteiger partial charge in [0.2, 0.25) is 11.9 Å². The van der Waals surface area contributed by atoms with Crippen LogP contribution in [0.4, 0.5) is 31.8 Å². The molecule has 2 aliphatic heterocycles. The van der Waals surface area contributed by atoms with Gasteiger partial charge in [-0.2, -0.15) is 0 Å². The fourth-order valence-electron chi connectivity index (χ4n) is 5.51. The van der Waals surface area contributed by atoms with E-state index < -0.39 is 23.1 Å². The zero-order valence-corrected chi connectivity index (χ0v) is 23.7. The number of amides is 2. The lowest BCUT2D eigenvalue weighted by molar-refractivity contribution is -0.124. The number of hydrogen-bond acceptors (Lipinski definition) is 7. The molecule has 3 aromatic carbocycles. The number of piperidine rings is 1. The summed E-state index contributed by atoms with van der Waals surface area (Å²) < 4.78 is 29.7. The van der Waals surface area contributed by atoms with Gasteiger partial charge in [0.05, 0.1) is 16.9 Å². The Hall–Kier alpha value is -4.61. The van der Waals surface area contributed by atoms with Crippen molar-refractivity contribution < 1.29 is 18.4 Å². The van der Waals surface area contributed by atoms with E-state index in [9.17, 15) is 18.4 Å². The Morgan fingerprint density at radius 1 is 0.977 bits per heavy atom. The molecule has 5 N–H and O–H groups in total. The van der Waals surface area contributed by atoms with Crippen molar-refractivity contribution in [1.82, 2.24) is 14.9 Å². The van der Waals surface area contributed by atoms with Crippen LogP contribution in [-0.4, -0.2) is 51.9 Å². The van der Waals surface area contributed by atoms with E-state index in [0.717, 1.165) is 5.56 Å². The summed E-state index contributed by atoms with van der Waals surface area (Å²) in [5.74, 6) is -1.76. The van der Waals surface area contributed by atoms with Crippen molar-refractivity contribution in [2.45, 2.75) is 24.8 Å². The highest BCUT2D eigenvalue weighted by atomic mass is 35.5. The van der Waals surface area contributed by atoms with Crippen LogP contribution in [0.2, 0.25) is 5.02 Å². The molecular formula is C31H28ClF2N7O2. The largest absolute Gasteiger partial charge is 0.368 e. The number of carbonyl (C=O) groups is 2. The molecule has 0 spiro atoms. The Labute approximate surface area is 251 Å². The van der Waals surface area contributed by atoms with Crippen molar-refractivity contribution in [1.29, 1.82) is 0 Å². The number of nitrogens with two attached hydrogens (primary N) is 2. The Balaban J connectivity index is 1.24. The van der Waals surface area contributed by atoms with E-state index in [0.29, 0.717) is 71.5 Å². The van der Waals surface area contributed by atoms with Crippen molar-refractivity contribution in [3.05, 3.63) is 94.6 Å². The molecule has 0 atom stereocenters. The molecule has 3 heterocycles. The van der Waals surface area contributed by atoms with Gasteiger partial charge in [-0.3, -0.25) is 9.59 Å². The predicted octanol–water partition coefficient (Wildman–Crippen LogP) is 4.93. The van der Waals surface area contributed by atoms with Gasteiger partial charge in [0.15, 0.2) is 0 Å². The van der Waals surface area contributed by atoms with Crippen LogP contribution >= 0.6 is 11.6 Å². The second-order valence-corrected chi connectivity index (χ2v) is 11.2. The smallest absolute Gasteiger partial charge is 0.253 e. The van der Waals surface area contributed by atoms with Gasteiger partial charge in [-0.05, 0) is 79.4 Å². The molecule has 220 valence electrons.